The molecule has 0 saturated carbocycles. The lowest BCUT2D eigenvalue weighted by molar-refractivity contribution is -0.125. The van der Waals surface area contributed by atoms with Crippen LogP contribution in [0.15, 0.2) is 54.9 Å². The summed E-state index contributed by atoms with van der Waals surface area (Å²) in [5, 5.41) is 8.47. The van der Waals surface area contributed by atoms with Crippen molar-refractivity contribution in [3.8, 4) is 0 Å². The minimum absolute atomic E-state index is 0.0322. The summed E-state index contributed by atoms with van der Waals surface area (Å²) in [5.41, 5.74) is 2.63. The van der Waals surface area contributed by atoms with Crippen molar-refractivity contribution in [1.82, 2.24) is 15.2 Å². The van der Waals surface area contributed by atoms with E-state index in [2.05, 4.69) is 20.5 Å². The van der Waals surface area contributed by atoms with E-state index in [0.717, 1.165) is 28.3 Å². The molecule has 2 atom stereocenters. The van der Waals surface area contributed by atoms with Crippen molar-refractivity contribution in [3.63, 3.8) is 0 Å². The molecule has 0 spiro atoms. The van der Waals surface area contributed by atoms with Gasteiger partial charge in [0.2, 0.25) is 11.8 Å². The molecule has 0 unspecified atom stereocenters. The number of fused-ring (bicyclic) bond motifs is 2. The van der Waals surface area contributed by atoms with Crippen molar-refractivity contribution < 1.29 is 9.59 Å². The second-order valence-electron chi connectivity index (χ2n) is 7.82. The Morgan fingerprint density at radius 1 is 1.20 bits per heavy atom. The fourth-order valence-corrected chi connectivity index (χ4v) is 4.66. The first-order valence-corrected chi connectivity index (χ1v) is 10.4. The summed E-state index contributed by atoms with van der Waals surface area (Å²) in [5.74, 6) is -0.524. The smallest absolute Gasteiger partial charge is 0.237 e. The maximum atomic E-state index is 13.4. The van der Waals surface area contributed by atoms with Crippen molar-refractivity contribution in [1.29, 1.82) is 0 Å². The summed E-state index contributed by atoms with van der Waals surface area (Å²) in [6.07, 6.45) is 4.20. The number of rotatable bonds is 3. The highest BCUT2D eigenvalue weighted by Crippen LogP contribution is 2.34. The molecular weight excluding hydrogens is 400 g/mol. The standard InChI is InChI=1S/C23H21ClN4O2/c24-16-6-5-15-12-28(21-7-8-26-23(21)30)13-19(18(15)9-16)22(29)27-20-11-25-10-14-3-1-2-4-17(14)20/h1-6,9-11,19,21H,7-8,12-13H2,(H,26,30)(H,27,29)/t19-,21-/m1/s1. The third-order valence-corrected chi connectivity index (χ3v) is 6.21. The lowest BCUT2D eigenvalue weighted by Gasteiger charge is -2.36. The van der Waals surface area contributed by atoms with Gasteiger partial charge in [-0.05, 0) is 29.7 Å². The number of hydrogen-bond acceptors (Lipinski definition) is 4. The zero-order chi connectivity index (χ0) is 20.7. The summed E-state index contributed by atoms with van der Waals surface area (Å²) in [6.45, 7) is 1.77. The van der Waals surface area contributed by atoms with E-state index < -0.39 is 5.92 Å². The molecule has 152 valence electrons. The molecule has 5 rings (SSSR count). The topological polar surface area (TPSA) is 74.3 Å². The maximum Gasteiger partial charge on any atom is 0.237 e. The number of nitrogens with one attached hydrogen (secondary N) is 2. The number of hydrogen-bond donors (Lipinski definition) is 2. The molecule has 0 radical (unpaired) electrons. The third-order valence-electron chi connectivity index (χ3n) is 5.98. The Morgan fingerprint density at radius 2 is 2.07 bits per heavy atom. The van der Waals surface area contributed by atoms with Crippen LogP contribution >= 0.6 is 11.6 Å². The van der Waals surface area contributed by atoms with Crippen LogP contribution in [0.4, 0.5) is 5.69 Å². The van der Waals surface area contributed by atoms with Crippen LogP contribution in [-0.2, 0) is 16.1 Å². The van der Waals surface area contributed by atoms with Crippen LogP contribution in [0.3, 0.4) is 0 Å². The van der Waals surface area contributed by atoms with Gasteiger partial charge >= 0.3 is 0 Å². The highest BCUT2D eigenvalue weighted by molar-refractivity contribution is 6.30. The number of carbonyl (C=O) groups excluding carboxylic acids is 2. The van der Waals surface area contributed by atoms with Gasteiger partial charge in [-0.2, -0.15) is 0 Å². The van der Waals surface area contributed by atoms with Gasteiger partial charge in [0.15, 0.2) is 0 Å². The van der Waals surface area contributed by atoms with Crippen LogP contribution in [0.5, 0.6) is 0 Å². The third kappa shape index (κ3) is 3.42. The summed E-state index contributed by atoms with van der Waals surface area (Å²) < 4.78 is 0. The van der Waals surface area contributed by atoms with Gasteiger partial charge in [-0.25, -0.2) is 0 Å². The number of carbonyl (C=O) groups is 2. The number of amides is 2. The molecule has 2 amide bonds. The van der Waals surface area contributed by atoms with Crippen LogP contribution in [0.2, 0.25) is 5.02 Å². The number of benzene rings is 2. The van der Waals surface area contributed by atoms with Crippen LogP contribution in [0, 0.1) is 0 Å². The molecule has 3 aromatic rings. The number of halogens is 1. The second-order valence-corrected chi connectivity index (χ2v) is 8.25. The summed E-state index contributed by atoms with van der Waals surface area (Å²) >= 11 is 6.25. The number of pyridine rings is 1. The molecule has 6 nitrogen and oxygen atoms in total. The Hall–Kier alpha value is -2.96. The van der Waals surface area contributed by atoms with Gasteiger partial charge in [0, 0.05) is 41.6 Å². The molecule has 1 fully saturated rings. The summed E-state index contributed by atoms with van der Waals surface area (Å²) in [7, 11) is 0. The van der Waals surface area contributed by atoms with Crippen molar-refractivity contribution in [2.24, 2.45) is 0 Å². The first-order chi connectivity index (χ1) is 14.6. The molecular formula is C23H21ClN4O2. The molecule has 2 N–H and O–H groups in total. The van der Waals surface area contributed by atoms with E-state index in [4.69, 9.17) is 11.6 Å². The van der Waals surface area contributed by atoms with Gasteiger partial charge in [0.1, 0.15) is 0 Å². The minimum atomic E-state index is -0.431. The van der Waals surface area contributed by atoms with Crippen molar-refractivity contribution >= 4 is 39.9 Å². The lowest BCUT2D eigenvalue weighted by atomic mass is 9.88. The average molecular weight is 421 g/mol. The van der Waals surface area contributed by atoms with E-state index in [1.807, 2.05) is 42.5 Å². The fraction of sp³-hybridized carbons (Fsp3) is 0.261. The van der Waals surface area contributed by atoms with Crippen molar-refractivity contribution in [3.05, 3.63) is 71.0 Å². The number of nitrogens with zero attached hydrogens (tertiary/aromatic N) is 2. The first kappa shape index (κ1) is 19.0. The molecule has 1 saturated heterocycles. The average Bonchev–Trinajstić information content (AvgIpc) is 3.19. The van der Waals surface area contributed by atoms with E-state index in [9.17, 15) is 9.59 Å². The largest absolute Gasteiger partial charge is 0.355 e. The monoisotopic (exact) mass is 420 g/mol. The van der Waals surface area contributed by atoms with Gasteiger partial charge in [-0.3, -0.25) is 19.5 Å². The van der Waals surface area contributed by atoms with E-state index >= 15 is 0 Å². The molecule has 0 bridgehead atoms. The van der Waals surface area contributed by atoms with E-state index in [0.29, 0.717) is 30.3 Å². The van der Waals surface area contributed by atoms with Crippen molar-refractivity contribution in [2.75, 3.05) is 18.4 Å². The molecule has 7 heteroatoms. The highest BCUT2D eigenvalue weighted by atomic mass is 35.5. The first-order valence-electron chi connectivity index (χ1n) is 10.0. The molecule has 1 aromatic heterocycles. The SMILES string of the molecule is O=C1NCC[C@H]1N1Cc2ccc(Cl)cc2[C@H](C(=O)Nc2cncc3ccccc23)C1. The minimum Gasteiger partial charge on any atom is -0.355 e. The van der Waals surface area contributed by atoms with E-state index in [1.165, 1.54) is 0 Å². The van der Waals surface area contributed by atoms with Crippen LogP contribution < -0.4 is 10.6 Å². The van der Waals surface area contributed by atoms with Gasteiger partial charge in [-0.15, -0.1) is 0 Å². The molecule has 2 aliphatic rings. The van der Waals surface area contributed by atoms with E-state index in [-0.39, 0.29) is 17.9 Å². The predicted molar refractivity (Wildman–Crippen MR) is 116 cm³/mol. The normalized spacial score (nSPS) is 21.3. The summed E-state index contributed by atoms with van der Waals surface area (Å²) in [4.78, 5) is 32.0. The zero-order valence-electron chi connectivity index (χ0n) is 16.3. The van der Waals surface area contributed by atoms with Gasteiger partial charge in [0.25, 0.3) is 0 Å². The Kier molecular flexibility index (Phi) is 4.89. The fourth-order valence-electron chi connectivity index (χ4n) is 4.48. The molecule has 2 aliphatic heterocycles. The van der Waals surface area contributed by atoms with Crippen LogP contribution in [-0.4, -0.2) is 40.8 Å². The van der Waals surface area contributed by atoms with E-state index in [1.54, 1.807) is 12.4 Å². The Bertz CT molecular complexity index is 1140. The van der Waals surface area contributed by atoms with Gasteiger partial charge < -0.3 is 10.6 Å². The number of aromatic nitrogens is 1. The Balaban J connectivity index is 1.48. The van der Waals surface area contributed by atoms with Crippen LogP contribution in [0.25, 0.3) is 10.8 Å². The maximum absolute atomic E-state index is 13.4. The lowest BCUT2D eigenvalue weighted by Crippen LogP contribution is -2.47. The zero-order valence-corrected chi connectivity index (χ0v) is 17.0. The Labute approximate surface area is 179 Å². The Morgan fingerprint density at radius 3 is 2.90 bits per heavy atom. The van der Waals surface area contributed by atoms with Gasteiger partial charge in [-0.1, -0.05) is 41.9 Å². The summed E-state index contributed by atoms with van der Waals surface area (Å²) in [6, 6.07) is 13.3. The molecule has 0 aliphatic carbocycles. The predicted octanol–water partition coefficient (Wildman–Crippen LogP) is 3.31. The number of anilines is 1. The quantitative estimate of drug-likeness (QED) is 0.681. The second kappa shape index (κ2) is 7.70. The molecule has 30 heavy (non-hydrogen) atoms. The van der Waals surface area contributed by atoms with Crippen LogP contribution in [0.1, 0.15) is 23.5 Å². The van der Waals surface area contributed by atoms with Gasteiger partial charge in [0.05, 0.1) is 23.8 Å². The molecule has 3 heterocycles. The highest BCUT2D eigenvalue weighted by Gasteiger charge is 2.38. The van der Waals surface area contributed by atoms with Crippen molar-refractivity contribution in [2.45, 2.75) is 24.9 Å². The molecule has 2 aromatic carbocycles.